The van der Waals surface area contributed by atoms with Gasteiger partial charge < -0.3 is 20.5 Å². The minimum Gasteiger partial charge on any atom is -0.490 e. The van der Waals surface area contributed by atoms with Gasteiger partial charge in [0, 0.05) is 18.7 Å². The summed E-state index contributed by atoms with van der Waals surface area (Å²) in [5.41, 5.74) is -0.265. The van der Waals surface area contributed by atoms with Crippen LogP contribution in [0.15, 0.2) is 6.33 Å². The van der Waals surface area contributed by atoms with Crippen molar-refractivity contribution in [3.8, 4) is 5.75 Å². The lowest BCUT2D eigenvalue weighted by Crippen LogP contribution is -2.32. The summed E-state index contributed by atoms with van der Waals surface area (Å²) in [5.74, 6) is 1.91. The molecule has 19 heavy (non-hydrogen) atoms. The number of nitrogens with one attached hydrogen (secondary N) is 2. The smallest absolute Gasteiger partial charge is 0.204 e. The van der Waals surface area contributed by atoms with Crippen LogP contribution in [-0.4, -0.2) is 40.9 Å². The minimum atomic E-state index is -0.265. The van der Waals surface area contributed by atoms with E-state index in [1.807, 2.05) is 13.8 Å². The first-order chi connectivity index (χ1) is 9.04. The molecule has 0 radical (unpaired) electrons. The van der Waals surface area contributed by atoms with Crippen LogP contribution in [0.1, 0.15) is 33.6 Å². The van der Waals surface area contributed by atoms with Gasteiger partial charge in [0.25, 0.3) is 0 Å². The Morgan fingerprint density at radius 1 is 1.32 bits per heavy atom. The third-order valence-electron chi connectivity index (χ3n) is 2.74. The number of hydrogen-bond donors (Lipinski definition) is 3. The topological polar surface area (TPSA) is 79.3 Å². The average Bonchev–Trinajstić information content (AvgIpc) is 2.35. The molecule has 0 amide bonds. The van der Waals surface area contributed by atoms with Crippen molar-refractivity contribution in [2.45, 2.75) is 39.2 Å². The molecule has 0 saturated carbocycles. The van der Waals surface area contributed by atoms with Gasteiger partial charge in [0.2, 0.25) is 5.75 Å². The first-order valence-corrected chi connectivity index (χ1v) is 6.56. The summed E-state index contributed by atoms with van der Waals surface area (Å²) in [6.45, 7) is 7.04. The van der Waals surface area contributed by atoms with E-state index in [1.54, 1.807) is 7.11 Å². The number of methoxy groups -OCH3 is 1. The Kier molecular flexibility index (Phi) is 5.82. The first kappa shape index (κ1) is 15.5. The van der Waals surface area contributed by atoms with Gasteiger partial charge in [-0.05, 0) is 26.7 Å². The summed E-state index contributed by atoms with van der Waals surface area (Å²) in [6.07, 6.45) is 3.13. The Morgan fingerprint density at radius 3 is 2.58 bits per heavy atom. The largest absolute Gasteiger partial charge is 0.490 e. The van der Waals surface area contributed by atoms with Gasteiger partial charge in [0.1, 0.15) is 6.33 Å². The van der Waals surface area contributed by atoms with E-state index in [1.165, 1.54) is 6.33 Å². The maximum Gasteiger partial charge on any atom is 0.204 e. The van der Waals surface area contributed by atoms with Crippen LogP contribution in [-0.2, 0) is 0 Å². The van der Waals surface area contributed by atoms with E-state index >= 15 is 0 Å². The van der Waals surface area contributed by atoms with Crippen molar-refractivity contribution in [1.29, 1.82) is 0 Å². The molecule has 3 N–H and O–H groups in total. The van der Waals surface area contributed by atoms with Gasteiger partial charge in [-0.3, -0.25) is 0 Å². The van der Waals surface area contributed by atoms with Gasteiger partial charge >= 0.3 is 0 Å². The molecular weight excluding hydrogens is 244 g/mol. The van der Waals surface area contributed by atoms with Crippen LogP contribution < -0.4 is 15.4 Å². The molecule has 0 aliphatic rings. The third-order valence-corrected chi connectivity index (χ3v) is 2.74. The van der Waals surface area contributed by atoms with E-state index in [0.29, 0.717) is 23.8 Å². The predicted octanol–water partition coefficient (Wildman–Crippen LogP) is 1.88. The van der Waals surface area contributed by atoms with E-state index in [4.69, 9.17) is 9.84 Å². The highest BCUT2D eigenvalue weighted by atomic mass is 16.5. The maximum atomic E-state index is 9.06. The number of anilines is 2. The molecule has 0 aliphatic carbocycles. The lowest BCUT2D eigenvalue weighted by Gasteiger charge is -2.27. The van der Waals surface area contributed by atoms with Crippen molar-refractivity contribution in [3.63, 3.8) is 0 Å². The van der Waals surface area contributed by atoms with Crippen LogP contribution >= 0.6 is 0 Å². The third kappa shape index (κ3) is 4.55. The fraction of sp³-hybridized carbons (Fsp3) is 0.692. The average molecular weight is 268 g/mol. The van der Waals surface area contributed by atoms with Crippen LogP contribution in [0.4, 0.5) is 11.6 Å². The molecule has 0 spiro atoms. The van der Waals surface area contributed by atoms with Crippen molar-refractivity contribution >= 4 is 11.6 Å². The van der Waals surface area contributed by atoms with E-state index in [-0.39, 0.29) is 12.1 Å². The normalized spacial score (nSPS) is 11.2. The van der Waals surface area contributed by atoms with Crippen molar-refractivity contribution in [1.82, 2.24) is 9.97 Å². The van der Waals surface area contributed by atoms with Gasteiger partial charge in [-0.15, -0.1) is 0 Å². The molecule has 0 atom stereocenters. The fourth-order valence-electron chi connectivity index (χ4n) is 1.69. The van der Waals surface area contributed by atoms with Crippen molar-refractivity contribution in [3.05, 3.63) is 6.33 Å². The second-order valence-electron chi connectivity index (χ2n) is 5.01. The van der Waals surface area contributed by atoms with Crippen LogP contribution in [0.2, 0.25) is 0 Å². The highest BCUT2D eigenvalue weighted by Gasteiger charge is 2.21. The summed E-state index contributed by atoms with van der Waals surface area (Å²) < 4.78 is 5.39. The molecule has 1 heterocycles. The fourth-order valence-corrected chi connectivity index (χ4v) is 1.69. The lowest BCUT2D eigenvalue weighted by atomic mass is 10.0. The molecule has 0 fully saturated rings. The molecule has 1 aromatic heterocycles. The van der Waals surface area contributed by atoms with Crippen molar-refractivity contribution < 1.29 is 9.84 Å². The molecule has 108 valence electrons. The molecule has 0 aliphatic heterocycles. The van der Waals surface area contributed by atoms with E-state index in [9.17, 15) is 0 Å². The summed E-state index contributed by atoms with van der Waals surface area (Å²) in [4.78, 5) is 8.40. The van der Waals surface area contributed by atoms with Gasteiger partial charge in [-0.1, -0.05) is 6.92 Å². The Morgan fingerprint density at radius 2 is 2.00 bits per heavy atom. The number of ether oxygens (including phenoxy) is 1. The van der Waals surface area contributed by atoms with Gasteiger partial charge in [0.05, 0.1) is 7.11 Å². The number of aliphatic hydroxyl groups excluding tert-OH is 1. The van der Waals surface area contributed by atoms with Crippen molar-refractivity contribution in [2.75, 3.05) is 30.9 Å². The number of aliphatic hydroxyl groups is 1. The van der Waals surface area contributed by atoms with Crippen LogP contribution in [0.3, 0.4) is 0 Å². The summed E-state index contributed by atoms with van der Waals surface area (Å²) >= 11 is 0. The quantitative estimate of drug-likeness (QED) is 0.668. The molecular formula is C13H24N4O2. The number of rotatable bonds is 8. The Bertz CT molecular complexity index is 396. The van der Waals surface area contributed by atoms with Gasteiger partial charge in [0.15, 0.2) is 11.6 Å². The maximum absolute atomic E-state index is 9.06. The minimum absolute atomic E-state index is 0.119. The zero-order chi connectivity index (χ0) is 14.3. The highest BCUT2D eigenvalue weighted by Crippen LogP contribution is 2.31. The lowest BCUT2D eigenvalue weighted by molar-refractivity contribution is 0.260. The molecule has 1 rings (SSSR count). The first-order valence-electron chi connectivity index (χ1n) is 6.56. The zero-order valence-corrected chi connectivity index (χ0v) is 12.2. The highest BCUT2D eigenvalue weighted by molar-refractivity contribution is 5.64. The summed E-state index contributed by atoms with van der Waals surface area (Å²) in [5, 5.41) is 15.5. The summed E-state index contributed by atoms with van der Waals surface area (Å²) in [6, 6.07) is 0. The Hall–Kier alpha value is -1.56. The molecule has 0 bridgehead atoms. The molecule has 0 saturated heterocycles. The van der Waals surface area contributed by atoms with Gasteiger partial charge in [-0.25, -0.2) is 9.97 Å². The second kappa shape index (κ2) is 7.13. The zero-order valence-electron chi connectivity index (χ0n) is 12.2. The van der Waals surface area contributed by atoms with E-state index < -0.39 is 0 Å². The van der Waals surface area contributed by atoms with Crippen LogP contribution in [0.5, 0.6) is 5.75 Å². The molecule has 6 heteroatoms. The van der Waals surface area contributed by atoms with E-state index in [2.05, 4.69) is 27.5 Å². The van der Waals surface area contributed by atoms with Crippen LogP contribution in [0.25, 0.3) is 0 Å². The van der Waals surface area contributed by atoms with Crippen molar-refractivity contribution in [2.24, 2.45) is 0 Å². The Balaban J connectivity index is 2.94. The Labute approximate surface area is 114 Å². The molecule has 0 aromatic carbocycles. The number of nitrogens with zero attached hydrogens (tertiary/aromatic N) is 2. The standard InChI is InChI=1S/C13H24N4O2/c1-5-7-14-11-10(19-4)12(16-9-15-11)17-13(2,3)6-8-18/h9,18H,5-8H2,1-4H3,(H2,14,15,16,17). The second-order valence-corrected chi connectivity index (χ2v) is 5.01. The molecule has 0 unspecified atom stereocenters. The summed E-state index contributed by atoms with van der Waals surface area (Å²) in [7, 11) is 1.60. The number of aromatic nitrogens is 2. The molecule has 6 nitrogen and oxygen atoms in total. The predicted molar refractivity (Wildman–Crippen MR) is 76.8 cm³/mol. The molecule has 1 aromatic rings. The van der Waals surface area contributed by atoms with E-state index in [0.717, 1.165) is 13.0 Å². The monoisotopic (exact) mass is 268 g/mol. The SMILES string of the molecule is CCCNc1ncnc(NC(C)(C)CCO)c1OC. The number of hydrogen-bond acceptors (Lipinski definition) is 6. The van der Waals surface area contributed by atoms with Crippen LogP contribution in [0, 0.1) is 0 Å². The van der Waals surface area contributed by atoms with Gasteiger partial charge in [-0.2, -0.15) is 0 Å².